The van der Waals surface area contributed by atoms with Crippen molar-refractivity contribution >= 4 is 46.4 Å². The lowest BCUT2D eigenvalue weighted by atomic mass is 10.1. The molecule has 0 bridgehead atoms. The highest BCUT2D eigenvalue weighted by Crippen LogP contribution is 2.39. The number of rotatable bonds is 0. The SMILES string of the molecule is Cc1c(Cl)c(Cl)c(C#N)c(Cl)c1Cl. The van der Waals surface area contributed by atoms with E-state index >= 15 is 0 Å². The van der Waals surface area contributed by atoms with Gasteiger partial charge in [-0.2, -0.15) is 5.26 Å². The maximum atomic E-state index is 8.70. The second kappa shape index (κ2) is 3.94. The van der Waals surface area contributed by atoms with Crippen molar-refractivity contribution in [1.82, 2.24) is 0 Å². The minimum absolute atomic E-state index is 0.115. The Kier molecular flexibility index (Phi) is 3.32. The Balaban J connectivity index is 3.69. The third-order valence-electron chi connectivity index (χ3n) is 1.59. The molecule has 1 aromatic rings. The molecule has 0 aliphatic rings. The van der Waals surface area contributed by atoms with Gasteiger partial charge in [0, 0.05) is 0 Å². The van der Waals surface area contributed by atoms with Crippen LogP contribution in [0.1, 0.15) is 11.1 Å². The topological polar surface area (TPSA) is 23.8 Å². The van der Waals surface area contributed by atoms with Crippen LogP contribution in [0.4, 0.5) is 0 Å². The Morgan fingerprint density at radius 3 is 1.62 bits per heavy atom. The van der Waals surface area contributed by atoms with Gasteiger partial charge in [-0.05, 0) is 12.5 Å². The fourth-order valence-electron chi connectivity index (χ4n) is 0.840. The predicted octanol–water partition coefficient (Wildman–Crippen LogP) is 4.48. The van der Waals surface area contributed by atoms with E-state index in [0.29, 0.717) is 5.56 Å². The first-order valence-corrected chi connectivity index (χ1v) is 4.74. The van der Waals surface area contributed by atoms with E-state index in [1.807, 2.05) is 6.07 Å². The molecule has 0 aliphatic carbocycles. The van der Waals surface area contributed by atoms with Crippen LogP contribution in [0.25, 0.3) is 0 Å². The zero-order chi connectivity index (χ0) is 10.2. The first kappa shape index (κ1) is 10.9. The summed E-state index contributed by atoms with van der Waals surface area (Å²) in [5.41, 5.74) is 0.696. The van der Waals surface area contributed by atoms with Crippen LogP contribution in [0, 0.1) is 18.3 Å². The standard InChI is InChI=1S/C8H3Cl4N/c1-3-5(9)7(11)4(2-13)8(12)6(3)10/h1H3. The molecular weight excluding hydrogens is 252 g/mol. The van der Waals surface area contributed by atoms with Gasteiger partial charge in [0.1, 0.15) is 6.07 Å². The van der Waals surface area contributed by atoms with Crippen molar-refractivity contribution in [3.05, 3.63) is 31.2 Å². The molecule has 0 aliphatic heterocycles. The highest BCUT2D eigenvalue weighted by atomic mass is 35.5. The Bertz CT molecular complexity index is 377. The fourth-order valence-corrected chi connectivity index (χ4v) is 1.87. The molecule has 13 heavy (non-hydrogen) atoms. The monoisotopic (exact) mass is 253 g/mol. The van der Waals surface area contributed by atoms with Gasteiger partial charge in [-0.1, -0.05) is 46.4 Å². The largest absolute Gasteiger partial charge is 0.192 e. The summed E-state index contributed by atoms with van der Waals surface area (Å²) < 4.78 is 0. The number of halogens is 4. The minimum atomic E-state index is 0.115. The van der Waals surface area contributed by atoms with Gasteiger partial charge in [0.15, 0.2) is 0 Å². The molecule has 1 rings (SSSR count). The quantitative estimate of drug-likeness (QED) is 0.627. The molecule has 0 aromatic heterocycles. The van der Waals surface area contributed by atoms with Gasteiger partial charge in [0.05, 0.1) is 25.7 Å². The third-order valence-corrected chi connectivity index (χ3v) is 3.49. The number of nitrogens with zero attached hydrogens (tertiary/aromatic N) is 1. The minimum Gasteiger partial charge on any atom is -0.192 e. The van der Waals surface area contributed by atoms with Crippen LogP contribution in [0.15, 0.2) is 0 Å². The number of nitriles is 1. The smallest absolute Gasteiger partial charge is 0.102 e. The van der Waals surface area contributed by atoms with Crippen LogP contribution >= 0.6 is 46.4 Å². The van der Waals surface area contributed by atoms with Gasteiger partial charge in [-0.3, -0.25) is 0 Å². The summed E-state index contributed by atoms with van der Waals surface area (Å²) in [6, 6.07) is 1.84. The summed E-state index contributed by atoms with van der Waals surface area (Å²) in [5, 5.41) is 9.54. The van der Waals surface area contributed by atoms with Crippen molar-refractivity contribution in [2.75, 3.05) is 0 Å². The van der Waals surface area contributed by atoms with Crippen molar-refractivity contribution in [1.29, 1.82) is 5.26 Å². The van der Waals surface area contributed by atoms with Crippen LogP contribution in [0.2, 0.25) is 20.1 Å². The first-order valence-electron chi connectivity index (χ1n) is 3.23. The molecule has 0 N–H and O–H groups in total. The van der Waals surface area contributed by atoms with E-state index in [1.54, 1.807) is 6.92 Å². The molecule has 0 atom stereocenters. The molecule has 68 valence electrons. The molecular formula is C8H3Cl4N. The summed E-state index contributed by atoms with van der Waals surface area (Å²) in [7, 11) is 0. The normalized spacial score (nSPS) is 9.85. The molecule has 1 nitrogen and oxygen atoms in total. The highest BCUT2D eigenvalue weighted by molar-refractivity contribution is 6.49. The predicted molar refractivity (Wildman–Crippen MR) is 55.9 cm³/mol. The lowest BCUT2D eigenvalue weighted by molar-refractivity contribution is 1.43. The average molecular weight is 255 g/mol. The van der Waals surface area contributed by atoms with Crippen LogP contribution < -0.4 is 0 Å². The van der Waals surface area contributed by atoms with Crippen molar-refractivity contribution < 1.29 is 0 Å². The van der Waals surface area contributed by atoms with Crippen molar-refractivity contribution in [2.24, 2.45) is 0 Å². The highest BCUT2D eigenvalue weighted by Gasteiger charge is 2.17. The fraction of sp³-hybridized carbons (Fsp3) is 0.125. The summed E-state index contributed by atoms with van der Waals surface area (Å²) in [5.74, 6) is 0. The third kappa shape index (κ3) is 1.73. The van der Waals surface area contributed by atoms with E-state index in [2.05, 4.69) is 0 Å². The van der Waals surface area contributed by atoms with Crippen LogP contribution in [0.3, 0.4) is 0 Å². The van der Waals surface area contributed by atoms with Gasteiger partial charge in [-0.25, -0.2) is 0 Å². The molecule has 0 fully saturated rings. The number of hydrogen-bond donors (Lipinski definition) is 0. The van der Waals surface area contributed by atoms with E-state index in [0.717, 1.165) is 0 Å². The molecule has 0 spiro atoms. The zero-order valence-electron chi connectivity index (χ0n) is 6.46. The van der Waals surface area contributed by atoms with Gasteiger partial charge < -0.3 is 0 Å². The van der Waals surface area contributed by atoms with Gasteiger partial charge in [0.2, 0.25) is 0 Å². The van der Waals surface area contributed by atoms with E-state index in [4.69, 9.17) is 51.7 Å². The lowest BCUT2D eigenvalue weighted by Crippen LogP contribution is -1.87. The molecule has 0 unspecified atom stereocenters. The Morgan fingerprint density at radius 2 is 1.31 bits per heavy atom. The Hall–Kier alpha value is -0.130. The lowest BCUT2D eigenvalue weighted by Gasteiger charge is -2.07. The molecule has 0 saturated carbocycles. The number of benzene rings is 1. The van der Waals surface area contributed by atoms with E-state index < -0.39 is 0 Å². The molecule has 5 heteroatoms. The average Bonchev–Trinajstić information content (AvgIpc) is 2.13. The maximum absolute atomic E-state index is 8.70. The Labute approximate surface area is 95.8 Å². The van der Waals surface area contributed by atoms with Crippen LogP contribution in [0.5, 0.6) is 0 Å². The zero-order valence-corrected chi connectivity index (χ0v) is 9.48. The molecule has 0 saturated heterocycles. The second-order valence-electron chi connectivity index (χ2n) is 2.37. The van der Waals surface area contributed by atoms with Gasteiger partial charge in [-0.15, -0.1) is 0 Å². The second-order valence-corrected chi connectivity index (χ2v) is 3.88. The summed E-state index contributed by atoms with van der Waals surface area (Å²) in [4.78, 5) is 0. The van der Waals surface area contributed by atoms with Gasteiger partial charge in [0.25, 0.3) is 0 Å². The van der Waals surface area contributed by atoms with Crippen LogP contribution in [-0.4, -0.2) is 0 Å². The van der Waals surface area contributed by atoms with Crippen molar-refractivity contribution in [3.63, 3.8) is 0 Å². The molecule has 0 amide bonds. The molecule has 0 radical (unpaired) electrons. The van der Waals surface area contributed by atoms with Crippen LogP contribution in [-0.2, 0) is 0 Å². The molecule has 0 heterocycles. The van der Waals surface area contributed by atoms with E-state index in [1.165, 1.54) is 0 Å². The maximum Gasteiger partial charge on any atom is 0.102 e. The summed E-state index contributed by atoms with van der Waals surface area (Å²) in [6.45, 7) is 1.68. The van der Waals surface area contributed by atoms with Gasteiger partial charge >= 0.3 is 0 Å². The summed E-state index contributed by atoms with van der Waals surface area (Å²) >= 11 is 23.2. The summed E-state index contributed by atoms with van der Waals surface area (Å²) in [6.07, 6.45) is 0. The van der Waals surface area contributed by atoms with E-state index in [9.17, 15) is 0 Å². The van der Waals surface area contributed by atoms with Crippen molar-refractivity contribution in [2.45, 2.75) is 6.92 Å². The number of hydrogen-bond acceptors (Lipinski definition) is 1. The van der Waals surface area contributed by atoms with Crippen molar-refractivity contribution in [3.8, 4) is 6.07 Å². The Morgan fingerprint density at radius 1 is 0.923 bits per heavy atom. The first-order chi connectivity index (χ1) is 6.00. The molecule has 1 aromatic carbocycles. The van der Waals surface area contributed by atoms with E-state index in [-0.39, 0.29) is 25.7 Å².